The fraction of sp³-hybridized carbons (Fsp3) is 0.391. The lowest BCUT2D eigenvalue weighted by Gasteiger charge is -2.40. The minimum atomic E-state index is -0.261. The Morgan fingerprint density at radius 3 is 2.69 bits per heavy atom. The van der Waals surface area contributed by atoms with Gasteiger partial charge < -0.3 is 9.80 Å². The van der Waals surface area contributed by atoms with Crippen LogP contribution in [0.15, 0.2) is 42.5 Å². The summed E-state index contributed by atoms with van der Waals surface area (Å²) >= 11 is 1.58. The van der Waals surface area contributed by atoms with Gasteiger partial charge in [0.1, 0.15) is 5.82 Å². The molecule has 1 unspecified atom stereocenters. The van der Waals surface area contributed by atoms with E-state index < -0.39 is 0 Å². The van der Waals surface area contributed by atoms with E-state index in [1.54, 1.807) is 17.4 Å². The molecule has 0 radical (unpaired) electrons. The number of amides is 1. The monoisotopic (exact) mass is 409 g/mol. The van der Waals surface area contributed by atoms with Crippen LogP contribution in [0.25, 0.3) is 10.2 Å². The van der Waals surface area contributed by atoms with Crippen LogP contribution >= 0.6 is 11.3 Å². The number of rotatable bonds is 4. The number of halogens is 1. The van der Waals surface area contributed by atoms with Gasteiger partial charge in [-0.25, -0.2) is 9.37 Å². The third-order valence-electron chi connectivity index (χ3n) is 5.94. The van der Waals surface area contributed by atoms with Crippen molar-refractivity contribution in [3.63, 3.8) is 0 Å². The van der Waals surface area contributed by atoms with E-state index >= 15 is 0 Å². The predicted molar refractivity (Wildman–Crippen MR) is 115 cm³/mol. The fourth-order valence-electron chi connectivity index (χ4n) is 4.13. The standard InChI is InChI=1S/C23H24FN3OS/c1-15-14-26(23-25-20-13-19(24)8-9-21(20)29-23)10-11-27(15)22(28)12-16-2-4-17(5-3-16)18-6-7-18/h2-5,8-9,13,15,18H,6-7,10-12,14H2,1H3. The highest BCUT2D eigenvalue weighted by molar-refractivity contribution is 7.22. The zero-order chi connectivity index (χ0) is 20.0. The maximum absolute atomic E-state index is 13.4. The Bertz CT molecular complexity index is 1040. The summed E-state index contributed by atoms with van der Waals surface area (Å²) in [5.74, 6) is 0.665. The Hall–Kier alpha value is -2.47. The van der Waals surface area contributed by atoms with E-state index in [-0.39, 0.29) is 17.8 Å². The molecule has 29 heavy (non-hydrogen) atoms. The average Bonchev–Trinajstić information content (AvgIpc) is 3.47. The van der Waals surface area contributed by atoms with E-state index in [1.807, 2.05) is 4.90 Å². The third-order valence-corrected chi connectivity index (χ3v) is 7.04. The van der Waals surface area contributed by atoms with Gasteiger partial charge in [0.2, 0.25) is 5.91 Å². The fourth-order valence-corrected chi connectivity index (χ4v) is 5.11. The number of fused-ring (bicyclic) bond motifs is 1. The van der Waals surface area contributed by atoms with Gasteiger partial charge in [0.25, 0.3) is 0 Å². The summed E-state index contributed by atoms with van der Waals surface area (Å²) in [6.45, 7) is 4.27. The Morgan fingerprint density at radius 1 is 1.17 bits per heavy atom. The number of carbonyl (C=O) groups is 1. The second kappa shape index (κ2) is 7.41. The molecule has 2 fully saturated rings. The van der Waals surface area contributed by atoms with E-state index in [4.69, 9.17) is 0 Å². The van der Waals surface area contributed by atoms with Gasteiger partial charge in [-0.15, -0.1) is 0 Å². The SMILES string of the molecule is CC1CN(c2nc3cc(F)ccc3s2)CCN1C(=O)Cc1ccc(C2CC2)cc1. The molecule has 1 saturated heterocycles. The molecule has 1 amide bonds. The summed E-state index contributed by atoms with van der Waals surface area (Å²) in [6.07, 6.45) is 3.04. The van der Waals surface area contributed by atoms with E-state index in [9.17, 15) is 9.18 Å². The number of piperazine rings is 1. The van der Waals surface area contributed by atoms with Crippen LogP contribution in [0, 0.1) is 5.82 Å². The first-order valence-electron chi connectivity index (χ1n) is 10.3. The highest BCUT2D eigenvalue weighted by Gasteiger charge is 2.29. The van der Waals surface area contributed by atoms with E-state index in [1.165, 1.54) is 30.5 Å². The molecule has 2 aromatic carbocycles. The van der Waals surface area contributed by atoms with Crippen molar-refractivity contribution >= 4 is 32.6 Å². The molecular weight excluding hydrogens is 385 g/mol. The molecular formula is C23H24FN3OS. The van der Waals surface area contributed by atoms with Crippen LogP contribution in [-0.4, -0.2) is 41.5 Å². The van der Waals surface area contributed by atoms with Crippen LogP contribution in [0.3, 0.4) is 0 Å². The van der Waals surface area contributed by atoms with Crippen molar-refractivity contribution in [2.24, 2.45) is 0 Å². The maximum atomic E-state index is 13.4. The largest absolute Gasteiger partial charge is 0.344 e. The van der Waals surface area contributed by atoms with Gasteiger partial charge in [0.15, 0.2) is 5.13 Å². The van der Waals surface area contributed by atoms with Crippen LogP contribution < -0.4 is 4.90 Å². The smallest absolute Gasteiger partial charge is 0.227 e. The molecule has 1 aromatic heterocycles. The summed E-state index contributed by atoms with van der Waals surface area (Å²) in [6, 6.07) is 13.4. The molecule has 1 aliphatic heterocycles. The molecule has 5 rings (SSSR count). The molecule has 0 bridgehead atoms. The number of nitrogens with zero attached hydrogens (tertiary/aromatic N) is 3. The lowest BCUT2D eigenvalue weighted by molar-refractivity contribution is -0.132. The minimum absolute atomic E-state index is 0.116. The van der Waals surface area contributed by atoms with Gasteiger partial charge in [0, 0.05) is 31.7 Å². The zero-order valence-corrected chi connectivity index (χ0v) is 17.3. The van der Waals surface area contributed by atoms with E-state index in [2.05, 4.69) is 41.1 Å². The maximum Gasteiger partial charge on any atom is 0.227 e. The highest BCUT2D eigenvalue weighted by atomic mass is 32.1. The second-order valence-electron chi connectivity index (χ2n) is 8.18. The number of anilines is 1. The number of carbonyl (C=O) groups excluding carboxylic acids is 1. The van der Waals surface area contributed by atoms with Crippen molar-refractivity contribution < 1.29 is 9.18 Å². The van der Waals surface area contributed by atoms with Gasteiger partial charge in [-0.1, -0.05) is 35.6 Å². The van der Waals surface area contributed by atoms with E-state index in [0.717, 1.165) is 34.4 Å². The first-order valence-corrected chi connectivity index (χ1v) is 11.1. The summed E-state index contributed by atoms with van der Waals surface area (Å²) in [7, 11) is 0. The first-order chi connectivity index (χ1) is 14.1. The molecule has 150 valence electrons. The second-order valence-corrected chi connectivity index (χ2v) is 9.19. The van der Waals surface area contributed by atoms with Gasteiger partial charge in [-0.05, 0) is 48.9 Å². The van der Waals surface area contributed by atoms with Crippen molar-refractivity contribution in [2.75, 3.05) is 24.5 Å². The number of aromatic nitrogens is 1. The lowest BCUT2D eigenvalue weighted by Crippen LogP contribution is -2.54. The molecule has 0 spiro atoms. The number of hydrogen-bond acceptors (Lipinski definition) is 4. The normalized spacial score (nSPS) is 19.7. The number of benzene rings is 2. The molecule has 1 aliphatic carbocycles. The quantitative estimate of drug-likeness (QED) is 0.632. The molecule has 0 N–H and O–H groups in total. The summed E-state index contributed by atoms with van der Waals surface area (Å²) in [4.78, 5) is 21.7. The lowest BCUT2D eigenvalue weighted by atomic mass is 10.0. The average molecular weight is 410 g/mol. The molecule has 1 saturated carbocycles. The van der Waals surface area contributed by atoms with Crippen LogP contribution in [0.5, 0.6) is 0 Å². The molecule has 4 nitrogen and oxygen atoms in total. The van der Waals surface area contributed by atoms with Gasteiger partial charge in [-0.2, -0.15) is 0 Å². The zero-order valence-electron chi connectivity index (χ0n) is 16.5. The minimum Gasteiger partial charge on any atom is -0.344 e. The van der Waals surface area contributed by atoms with Crippen LogP contribution in [0.4, 0.5) is 9.52 Å². The molecule has 6 heteroatoms. The Morgan fingerprint density at radius 2 is 1.97 bits per heavy atom. The molecule has 2 heterocycles. The van der Waals surface area contributed by atoms with Gasteiger partial charge >= 0.3 is 0 Å². The van der Waals surface area contributed by atoms with E-state index in [0.29, 0.717) is 18.5 Å². The van der Waals surface area contributed by atoms with Gasteiger partial charge in [-0.3, -0.25) is 4.79 Å². The van der Waals surface area contributed by atoms with Gasteiger partial charge in [0.05, 0.1) is 16.6 Å². The van der Waals surface area contributed by atoms with Crippen molar-refractivity contribution in [3.05, 3.63) is 59.4 Å². The molecule has 3 aromatic rings. The van der Waals surface area contributed by atoms with Crippen LogP contribution in [-0.2, 0) is 11.2 Å². The summed E-state index contributed by atoms with van der Waals surface area (Å²) < 4.78 is 14.4. The Labute approximate surface area is 174 Å². The Balaban J connectivity index is 1.23. The number of hydrogen-bond donors (Lipinski definition) is 0. The van der Waals surface area contributed by atoms with Crippen molar-refractivity contribution in [2.45, 2.75) is 38.1 Å². The molecule has 2 aliphatic rings. The summed E-state index contributed by atoms with van der Waals surface area (Å²) in [5, 5.41) is 0.903. The van der Waals surface area contributed by atoms with Crippen LogP contribution in [0.1, 0.15) is 36.8 Å². The van der Waals surface area contributed by atoms with Crippen molar-refractivity contribution in [3.8, 4) is 0 Å². The highest BCUT2D eigenvalue weighted by Crippen LogP contribution is 2.40. The summed E-state index contributed by atoms with van der Waals surface area (Å²) in [5.41, 5.74) is 3.19. The number of thiazole rings is 1. The molecule has 1 atom stereocenters. The topological polar surface area (TPSA) is 36.4 Å². The van der Waals surface area contributed by atoms with Crippen molar-refractivity contribution in [1.29, 1.82) is 0 Å². The Kier molecular flexibility index (Phi) is 4.74. The van der Waals surface area contributed by atoms with Crippen molar-refractivity contribution in [1.82, 2.24) is 9.88 Å². The van der Waals surface area contributed by atoms with Crippen LogP contribution in [0.2, 0.25) is 0 Å². The first kappa shape index (κ1) is 18.6. The predicted octanol–water partition coefficient (Wildman–Crippen LogP) is 4.59. The third kappa shape index (κ3) is 3.86.